The predicted octanol–water partition coefficient (Wildman–Crippen LogP) is -0.287. The Hall–Kier alpha value is 0.120. The number of aliphatic hydroxyl groups excluding tert-OH is 3. The Balaban J connectivity index is 3.67. The van der Waals surface area contributed by atoms with Crippen LogP contribution in [0.3, 0.4) is 0 Å². The van der Waals surface area contributed by atoms with Crippen molar-refractivity contribution in [1.29, 1.82) is 0 Å². The number of rotatable bonds is 4. The van der Waals surface area contributed by atoms with Crippen molar-refractivity contribution in [3.8, 4) is 0 Å². The van der Waals surface area contributed by atoms with Crippen LogP contribution >= 0.6 is 24.0 Å². The first-order chi connectivity index (χ1) is 5.61. The molecule has 0 spiro atoms. The number of aliphatic hydroxyl groups is 3. The minimum Gasteiger partial charge on any atom is -0.479 e. The van der Waals surface area contributed by atoms with E-state index in [1.54, 1.807) is 6.92 Å². The van der Waals surface area contributed by atoms with Crippen molar-refractivity contribution >= 4 is 28.4 Å². The van der Waals surface area contributed by atoms with Crippen molar-refractivity contribution in [3.63, 3.8) is 0 Å². The zero-order valence-corrected chi connectivity index (χ0v) is 8.27. The standard InChI is InChI=1S/C6H12O4S2/c1-2-10-6(11)12-5(9)4(8)3-7/h4-5,7-9H,2-3H2,1H3. The number of hydrogen-bond acceptors (Lipinski definition) is 6. The lowest BCUT2D eigenvalue weighted by Gasteiger charge is -2.14. The Morgan fingerprint density at radius 2 is 2.17 bits per heavy atom. The van der Waals surface area contributed by atoms with Crippen LogP contribution in [0.5, 0.6) is 0 Å². The molecule has 4 nitrogen and oxygen atoms in total. The summed E-state index contributed by atoms with van der Waals surface area (Å²) in [6.45, 7) is 1.69. The molecule has 0 saturated heterocycles. The molecule has 2 atom stereocenters. The molecule has 0 aromatic heterocycles. The summed E-state index contributed by atoms with van der Waals surface area (Å²) in [7, 11) is 0. The van der Waals surface area contributed by atoms with Gasteiger partial charge in [0, 0.05) is 0 Å². The maximum absolute atomic E-state index is 9.10. The highest BCUT2D eigenvalue weighted by molar-refractivity contribution is 8.22. The average molecular weight is 212 g/mol. The fourth-order valence-electron chi connectivity index (χ4n) is 0.419. The minimum atomic E-state index is -1.19. The number of thioether (sulfide) groups is 1. The predicted molar refractivity (Wildman–Crippen MR) is 50.9 cm³/mol. The number of ether oxygens (including phenoxy) is 1. The molecule has 0 aromatic rings. The van der Waals surface area contributed by atoms with Gasteiger partial charge < -0.3 is 20.1 Å². The van der Waals surface area contributed by atoms with Gasteiger partial charge in [-0.2, -0.15) is 0 Å². The molecule has 0 heterocycles. The molecule has 0 saturated carbocycles. The molecule has 0 rings (SSSR count). The zero-order valence-electron chi connectivity index (χ0n) is 6.64. The summed E-state index contributed by atoms with van der Waals surface area (Å²) in [6.07, 6.45) is -1.19. The minimum absolute atomic E-state index is 0.164. The maximum atomic E-state index is 9.10. The van der Waals surface area contributed by atoms with E-state index in [0.717, 1.165) is 11.8 Å². The van der Waals surface area contributed by atoms with Crippen LogP contribution in [0.15, 0.2) is 0 Å². The number of thiocarbonyl (C=S) groups is 1. The van der Waals surface area contributed by atoms with Crippen molar-refractivity contribution in [1.82, 2.24) is 0 Å². The first kappa shape index (κ1) is 12.1. The fraction of sp³-hybridized carbons (Fsp3) is 0.833. The molecule has 12 heavy (non-hydrogen) atoms. The lowest BCUT2D eigenvalue weighted by molar-refractivity contribution is 0.0288. The van der Waals surface area contributed by atoms with Crippen LogP contribution in [-0.2, 0) is 4.74 Å². The van der Waals surface area contributed by atoms with E-state index >= 15 is 0 Å². The van der Waals surface area contributed by atoms with E-state index in [9.17, 15) is 0 Å². The Bertz CT molecular complexity index is 142. The maximum Gasteiger partial charge on any atom is 0.222 e. The van der Waals surface area contributed by atoms with Gasteiger partial charge in [0.2, 0.25) is 4.38 Å². The second-order valence-corrected chi connectivity index (χ2v) is 3.66. The van der Waals surface area contributed by atoms with Crippen molar-refractivity contribution in [2.45, 2.75) is 18.5 Å². The van der Waals surface area contributed by atoms with E-state index in [0.29, 0.717) is 6.61 Å². The van der Waals surface area contributed by atoms with Crippen molar-refractivity contribution in [2.75, 3.05) is 13.2 Å². The van der Waals surface area contributed by atoms with E-state index in [1.807, 2.05) is 0 Å². The SMILES string of the molecule is CCOC(=S)SC(O)C(O)CO. The Morgan fingerprint density at radius 3 is 2.58 bits per heavy atom. The highest BCUT2D eigenvalue weighted by atomic mass is 32.2. The van der Waals surface area contributed by atoms with Crippen LogP contribution < -0.4 is 0 Å². The van der Waals surface area contributed by atoms with Gasteiger partial charge in [-0.3, -0.25) is 0 Å². The lowest BCUT2D eigenvalue weighted by Crippen LogP contribution is -2.27. The molecule has 0 aliphatic carbocycles. The monoisotopic (exact) mass is 212 g/mol. The first-order valence-corrected chi connectivity index (χ1v) is 4.71. The van der Waals surface area contributed by atoms with E-state index < -0.39 is 18.1 Å². The van der Waals surface area contributed by atoms with Crippen molar-refractivity contribution in [3.05, 3.63) is 0 Å². The van der Waals surface area contributed by atoms with Crippen molar-refractivity contribution < 1.29 is 20.1 Å². The average Bonchev–Trinajstić information content (AvgIpc) is 2.03. The smallest absolute Gasteiger partial charge is 0.222 e. The molecule has 72 valence electrons. The van der Waals surface area contributed by atoms with E-state index in [1.165, 1.54) is 0 Å². The van der Waals surface area contributed by atoms with Crippen LogP contribution in [0.2, 0.25) is 0 Å². The molecular weight excluding hydrogens is 200 g/mol. The molecule has 0 radical (unpaired) electrons. The quantitative estimate of drug-likeness (QED) is 0.439. The van der Waals surface area contributed by atoms with E-state index in [2.05, 4.69) is 12.2 Å². The van der Waals surface area contributed by atoms with E-state index in [-0.39, 0.29) is 4.38 Å². The summed E-state index contributed by atoms with van der Waals surface area (Å²) in [5, 5.41) is 26.4. The zero-order chi connectivity index (χ0) is 9.56. The summed E-state index contributed by atoms with van der Waals surface area (Å²) in [5.41, 5.74) is -1.13. The number of hydrogen-bond donors (Lipinski definition) is 3. The molecule has 0 bridgehead atoms. The van der Waals surface area contributed by atoms with Gasteiger partial charge in [0.25, 0.3) is 0 Å². The van der Waals surface area contributed by atoms with Gasteiger partial charge in [-0.05, 0) is 30.9 Å². The van der Waals surface area contributed by atoms with Gasteiger partial charge in [0.1, 0.15) is 11.5 Å². The third-order valence-corrected chi connectivity index (χ3v) is 2.27. The highest BCUT2D eigenvalue weighted by Crippen LogP contribution is 2.14. The second kappa shape index (κ2) is 6.62. The first-order valence-electron chi connectivity index (χ1n) is 3.42. The van der Waals surface area contributed by atoms with Gasteiger partial charge >= 0.3 is 0 Å². The van der Waals surface area contributed by atoms with Crippen LogP contribution in [0.1, 0.15) is 6.92 Å². The second-order valence-electron chi connectivity index (χ2n) is 1.94. The molecule has 3 N–H and O–H groups in total. The van der Waals surface area contributed by atoms with E-state index in [4.69, 9.17) is 20.1 Å². The fourth-order valence-corrected chi connectivity index (χ4v) is 1.46. The molecule has 0 fully saturated rings. The van der Waals surface area contributed by atoms with Gasteiger partial charge in [-0.15, -0.1) is 0 Å². The highest BCUT2D eigenvalue weighted by Gasteiger charge is 2.17. The molecule has 0 aromatic carbocycles. The molecule has 6 heteroatoms. The molecule has 0 aliphatic heterocycles. The normalized spacial score (nSPS) is 15.3. The van der Waals surface area contributed by atoms with Crippen LogP contribution in [0.25, 0.3) is 0 Å². The third kappa shape index (κ3) is 4.89. The topological polar surface area (TPSA) is 69.9 Å². The summed E-state index contributed by atoms with van der Waals surface area (Å²) in [6, 6.07) is 0. The Labute approximate surface area is 80.5 Å². The van der Waals surface area contributed by atoms with Crippen LogP contribution in [0.4, 0.5) is 0 Å². The van der Waals surface area contributed by atoms with Gasteiger partial charge in [-0.25, -0.2) is 0 Å². The molecule has 0 aliphatic rings. The summed E-state index contributed by atoms with van der Waals surface area (Å²) >= 11 is 5.50. The molecular formula is C6H12O4S2. The lowest BCUT2D eigenvalue weighted by atomic mass is 10.4. The third-order valence-electron chi connectivity index (χ3n) is 0.995. The summed E-state index contributed by atoms with van der Waals surface area (Å²) in [4.78, 5) is 0. The summed E-state index contributed by atoms with van der Waals surface area (Å²) < 4.78 is 5.01. The van der Waals surface area contributed by atoms with Gasteiger partial charge in [0.05, 0.1) is 13.2 Å². The van der Waals surface area contributed by atoms with Gasteiger partial charge in [0.15, 0.2) is 0 Å². The largest absolute Gasteiger partial charge is 0.479 e. The molecule has 2 unspecified atom stereocenters. The Morgan fingerprint density at radius 1 is 1.58 bits per heavy atom. The van der Waals surface area contributed by atoms with Gasteiger partial charge in [-0.1, -0.05) is 0 Å². The Kier molecular flexibility index (Phi) is 6.68. The van der Waals surface area contributed by atoms with Crippen molar-refractivity contribution in [2.24, 2.45) is 0 Å². The molecule has 0 amide bonds. The van der Waals surface area contributed by atoms with Crippen LogP contribution in [0, 0.1) is 0 Å². The van der Waals surface area contributed by atoms with Crippen LogP contribution in [-0.4, -0.2) is 44.5 Å². The summed E-state index contributed by atoms with van der Waals surface area (Å²) in [5.74, 6) is 0.